The molecule has 1 spiro atoms. The van der Waals surface area contributed by atoms with Crippen molar-refractivity contribution >= 4 is 0 Å². The molecule has 0 amide bonds. The van der Waals surface area contributed by atoms with Crippen LogP contribution >= 0.6 is 0 Å². The van der Waals surface area contributed by atoms with E-state index >= 15 is 0 Å². The van der Waals surface area contributed by atoms with E-state index in [0.29, 0.717) is 18.6 Å². The van der Waals surface area contributed by atoms with Crippen LogP contribution in [0.25, 0.3) is 0 Å². The lowest BCUT2D eigenvalue weighted by atomic mass is 9.45. The normalized spacial score (nSPS) is 43.7. The van der Waals surface area contributed by atoms with Crippen molar-refractivity contribution in [1.82, 2.24) is 0 Å². The van der Waals surface area contributed by atoms with E-state index < -0.39 is 5.79 Å². The maximum Gasteiger partial charge on any atom is 0.170 e. The molecule has 1 saturated heterocycles. The van der Waals surface area contributed by atoms with Gasteiger partial charge in [0.25, 0.3) is 0 Å². The van der Waals surface area contributed by atoms with Crippen LogP contribution in [0.4, 0.5) is 0 Å². The predicted octanol–water partition coefficient (Wildman–Crippen LogP) is 7.42. The first kappa shape index (κ1) is 22.9. The zero-order valence-corrected chi connectivity index (χ0v) is 21.3. The molecule has 32 heavy (non-hydrogen) atoms. The van der Waals surface area contributed by atoms with Crippen LogP contribution in [0.2, 0.25) is 0 Å². The molecular formula is C29H45NO2. The SMILES string of the molecule is CC(C)CC[C@@H](C)[C@H]1CC[C@H]2C3=C(CC[C@]12C)[C@@]1(C)CCC2(C[C@@]1(C#N)CC3)OCCO2. The lowest BCUT2D eigenvalue weighted by molar-refractivity contribution is -0.217. The van der Waals surface area contributed by atoms with Crippen molar-refractivity contribution in [3.63, 3.8) is 0 Å². The topological polar surface area (TPSA) is 42.2 Å². The average molecular weight is 440 g/mol. The molecule has 4 aliphatic carbocycles. The molecule has 5 aliphatic rings. The maximum absolute atomic E-state index is 10.5. The van der Waals surface area contributed by atoms with Gasteiger partial charge in [-0.15, -0.1) is 0 Å². The van der Waals surface area contributed by atoms with Gasteiger partial charge in [0.1, 0.15) is 0 Å². The first-order valence-corrected chi connectivity index (χ1v) is 13.6. The molecule has 1 heterocycles. The molecule has 0 aromatic rings. The monoisotopic (exact) mass is 439 g/mol. The fourth-order valence-corrected chi connectivity index (χ4v) is 9.19. The van der Waals surface area contributed by atoms with Gasteiger partial charge in [-0.25, -0.2) is 0 Å². The second-order valence-electron chi connectivity index (χ2n) is 13.0. The lowest BCUT2D eigenvalue weighted by Gasteiger charge is -2.59. The van der Waals surface area contributed by atoms with Crippen LogP contribution in [0.3, 0.4) is 0 Å². The Bertz CT molecular complexity index is 818. The second kappa shape index (κ2) is 7.84. The smallest absolute Gasteiger partial charge is 0.170 e. The van der Waals surface area contributed by atoms with Gasteiger partial charge < -0.3 is 9.47 Å². The zero-order chi connectivity index (χ0) is 22.8. The van der Waals surface area contributed by atoms with Crippen LogP contribution in [-0.4, -0.2) is 19.0 Å². The Morgan fingerprint density at radius 2 is 1.72 bits per heavy atom. The van der Waals surface area contributed by atoms with Crippen molar-refractivity contribution in [3.8, 4) is 6.07 Å². The number of ether oxygens (including phenoxy) is 2. The molecule has 3 nitrogen and oxygen atoms in total. The largest absolute Gasteiger partial charge is 0.347 e. The highest BCUT2D eigenvalue weighted by molar-refractivity contribution is 5.39. The zero-order valence-electron chi connectivity index (χ0n) is 21.3. The molecule has 1 aliphatic heterocycles. The molecule has 6 atom stereocenters. The molecule has 3 heteroatoms. The van der Waals surface area contributed by atoms with Crippen LogP contribution < -0.4 is 0 Å². The molecule has 0 bridgehead atoms. The lowest BCUT2D eigenvalue weighted by Crippen LogP contribution is -2.55. The van der Waals surface area contributed by atoms with Gasteiger partial charge in [-0.05, 0) is 74.0 Å². The van der Waals surface area contributed by atoms with Crippen LogP contribution in [0.15, 0.2) is 11.1 Å². The fraction of sp³-hybridized carbons (Fsp3) is 0.897. The van der Waals surface area contributed by atoms with Crippen LogP contribution in [0.1, 0.15) is 105 Å². The van der Waals surface area contributed by atoms with Crippen LogP contribution in [-0.2, 0) is 9.47 Å². The minimum absolute atomic E-state index is 0.00142. The Morgan fingerprint density at radius 3 is 2.41 bits per heavy atom. The molecule has 0 N–H and O–H groups in total. The maximum atomic E-state index is 10.5. The second-order valence-corrected chi connectivity index (χ2v) is 13.0. The van der Waals surface area contributed by atoms with Crippen molar-refractivity contribution < 1.29 is 9.47 Å². The Balaban J connectivity index is 1.44. The number of hydrogen-bond acceptors (Lipinski definition) is 3. The molecule has 2 saturated carbocycles. The van der Waals surface area contributed by atoms with Gasteiger partial charge in [0.2, 0.25) is 0 Å². The van der Waals surface area contributed by atoms with Gasteiger partial charge in [-0.1, -0.05) is 58.6 Å². The van der Waals surface area contributed by atoms with E-state index in [9.17, 15) is 5.26 Å². The molecule has 178 valence electrons. The summed E-state index contributed by atoms with van der Waals surface area (Å²) < 4.78 is 12.2. The van der Waals surface area contributed by atoms with E-state index in [4.69, 9.17) is 9.47 Å². The third-order valence-corrected chi connectivity index (χ3v) is 11.2. The highest BCUT2D eigenvalue weighted by atomic mass is 16.7. The van der Waals surface area contributed by atoms with Crippen molar-refractivity contribution in [1.29, 1.82) is 5.26 Å². The average Bonchev–Trinajstić information content (AvgIpc) is 3.36. The number of hydrogen-bond donors (Lipinski definition) is 0. The van der Waals surface area contributed by atoms with E-state index in [1.807, 2.05) is 0 Å². The third-order valence-electron chi connectivity index (χ3n) is 11.2. The van der Waals surface area contributed by atoms with Crippen molar-refractivity contribution in [2.24, 2.45) is 39.9 Å². The summed E-state index contributed by atoms with van der Waals surface area (Å²) >= 11 is 0. The fourth-order valence-electron chi connectivity index (χ4n) is 9.19. The molecular weight excluding hydrogens is 394 g/mol. The minimum Gasteiger partial charge on any atom is -0.347 e. The van der Waals surface area contributed by atoms with E-state index in [1.54, 1.807) is 11.1 Å². The summed E-state index contributed by atoms with van der Waals surface area (Å²) in [6.07, 6.45) is 12.9. The predicted molar refractivity (Wildman–Crippen MR) is 128 cm³/mol. The van der Waals surface area contributed by atoms with Crippen LogP contribution in [0.5, 0.6) is 0 Å². The van der Waals surface area contributed by atoms with Gasteiger partial charge in [0.05, 0.1) is 24.7 Å². The first-order chi connectivity index (χ1) is 15.2. The molecule has 0 aromatic heterocycles. The Hall–Kier alpha value is -0.850. The molecule has 0 radical (unpaired) electrons. The molecule has 0 unspecified atom stereocenters. The van der Waals surface area contributed by atoms with Gasteiger partial charge in [0, 0.05) is 18.3 Å². The molecule has 5 rings (SSSR count). The highest BCUT2D eigenvalue weighted by Gasteiger charge is 2.64. The van der Waals surface area contributed by atoms with E-state index in [1.165, 1.54) is 38.5 Å². The summed E-state index contributed by atoms with van der Waals surface area (Å²) in [5.41, 5.74) is 3.61. The highest BCUT2D eigenvalue weighted by Crippen LogP contribution is 2.70. The summed E-state index contributed by atoms with van der Waals surface area (Å²) in [5, 5.41) is 10.5. The van der Waals surface area contributed by atoms with Gasteiger partial charge in [-0.2, -0.15) is 5.26 Å². The summed E-state index contributed by atoms with van der Waals surface area (Å²) in [6.45, 7) is 13.7. The van der Waals surface area contributed by atoms with E-state index in [-0.39, 0.29) is 10.8 Å². The number of rotatable bonds is 4. The van der Waals surface area contributed by atoms with E-state index in [2.05, 4.69) is 40.7 Å². The number of fused-ring (bicyclic) bond motifs is 4. The summed E-state index contributed by atoms with van der Waals surface area (Å²) in [4.78, 5) is 0. The third kappa shape index (κ3) is 3.19. The van der Waals surface area contributed by atoms with Gasteiger partial charge >= 0.3 is 0 Å². The Morgan fingerprint density at radius 1 is 0.969 bits per heavy atom. The quantitative estimate of drug-likeness (QED) is 0.428. The number of nitrogens with zero attached hydrogens (tertiary/aromatic N) is 1. The van der Waals surface area contributed by atoms with Gasteiger partial charge in [0.15, 0.2) is 5.79 Å². The summed E-state index contributed by atoms with van der Waals surface area (Å²) in [7, 11) is 0. The van der Waals surface area contributed by atoms with Crippen molar-refractivity contribution in [2.45, 2.75) is 111 Å². The van der Waals surface area contributed by atoms with Crippen molar-refractivity contribution in [2.75, 3.05) is 13.2 Å². The standard InChI is InChI=1S/C29H45NO2/c1-20(2)6-7-21(3)23-8-9-24-22-10-13-28(19-30)18-29(31-16-17-32-29)15-14-27(28,5)25(22)11-12-26(23,24)4/h20-21,23-24H,6-18H2,1-5H3/t21-,23-,24+,26-,27-,28-/m1/s1. The Labute approximate surface area is 196 Å². The van der Waals surface area contributed by atoms with Gasteiger partial charge in [-0.3, -0.25) is 0 Å². The number of nitriles is 1. The van der Waals surface area contributed by atoms with E-state index in [0.717, 1.165) is 55.8 Å². The minimum atomic E-state index is -0.485. The summed E-state index contributed by atoms with van der Waals surface area (Å²) in [6, 6.07) is 2.87. The first-order valence-electron chi connectivity index (χ1n) is 13.6. The van der Waals surface area contributed by atoms with Crippen LogP contribution in [0, 0.1) is 51.2 Å². The Kier molecular flexibility index (Phi) is 5.62. The summed E-state index contributed by atoms with van der Waals surface area (Å²) in [5.74, 6) is 2.77. The molecule has 3 fully saturated rings. The van der Waals surface area contributed by atoms with Crippen molar-refractivity contribution in [3.05, 3.63) is 11.1 Å². The number of allylic oxidation sites excluding steroid dienone is 2. The molecule has 0 aromatic carbocycles.